The molecule has 130 heavy (non-hydrogen) atoms. The molecule has 6 aromatic heterocycles. The van der Waals surface area contributed by atoms with E-state index in [9.17, 15) is 66.0 Å². The summed E-state index contributed by atoms with van der Waals surface area (Å²) >= 11 is 2.04. The SMILES string of the molecule is CC(=O)Nc1ncc(-c2ccc(S(=O)(=O)C(C)C)cc2)nc1-c1cc(-c2ccc(CN(C(=O)C(F)(F)F)C3CCOCC3)cc2)no1.CC(C)S(=O)(=O)c1ccc(-c2cnc(N)c(-c3cc(-c4ccc(CNC5CCOCC5)cc4)no3)n2)cc1.CC(C)S(=O)(=O)c1ccc(-c2cnc(N)c(-c3onc(-c4ccc(CN(C(=O)C(F)(F)F)C5CCOCC5)cc4)c3I)n2)cc1. The van der Waals surface area contributed by atoms with Crippen LogP contribution in [-0.2, 0) is 77.7 Å². The number of nitrogens with zero attached hydrogens (tertiary/aromatic N) is 11. The normalized spacial score (nSPS) is 14.5. The van der Waals surface area contributed by atoms with E-state index in [1.54, 1.807) is 157 Å². The highest BCUT2D eigenvalue weighted by atomic mass is 127. The summed E-state index contributed by atoms with van der Waals surface area (Å²) in [6.07, 6.45) is -2.14. The Morgan fingerprint density at radius 2 is 0.777 bits per heavy atom. The number of rotatable bonds is 25. The van der Waals surface area contributed by atoms with Gasteiger partial charge in [-0.1, -0.05) is 125 Å². The van der Waals surface area contributed by atoms with Gasteiger partial charge < -0.3 is 59.7 Å². The zero-order valence-electron chi connectivity index (χ0n) is 71.4. The third kappa shape index (κ3) is 23.0. The highest BCUT2D eigenvalue weighted by Crippen LogP contribution is 2.40. The summed E-state index contributed by atoms with van der Waals surface area (Å²) in [6.45, 7) is 14.2. The molecule has 6 aromatic carbocycles. The number of hydrogen-bond donors (Lipinski definition) is 4. The van der Waals surface area contributed by atoms with Crippen LogP contribution in [0.1, 0.15) is 104 Å². The molecule has 684 valence electrons. The van der Waals surface area contributed by atoms with Gasteiger partial charge >= 0.3 is 24.2 Å². The van der Waals surface area contributed by atoms with Crippen LogP contribution in [-0.4, -0.2) is 184 Å². The fourth-order valence-electron chi connectivity index (χ4n) is 14.2. The number of carbonyl (C=O) groups excluding carboxylic acids is 3. The third-order valence-corrected chi connectivity index (χ3v) is 29.3. The van der Waals surface area contributed by atoms with Gasteiger partial charge in [0.05, 0.1) is 69.7 Å². The van der Waals surface area contributed by atoms with Crippen molar-refractivity contribution >= 4 is 87.3 Å². The van der Waals surface area contributed by atoms with E-state index in [1.807, 2.05) is 34.7 Å². The van der Waals surface area contributed by atoms with Crippen molar-refractivity contribution < 1.29 is 93.8 Å². The maximum absolute atomic E-state index is 13.4. The van der Waals surface area contributed by atoms with Crippen LogP contribution in [0.2, 0.25) is 0 Å². The molecule has 3 amide bonds. The van der Waals surface area contributed by atoms with Gasteiger partial charge in [0, 0.05) is 130 Å². The molecule has 0 saturated carbocycles. The molecule has 3 fully saturated rings. The lowest BCUT2D eigenvalue weighted by Gasteiger charge is -2.34. The van der Waals surface area contributed by atoms with E-state index >= 15 is 0 Å². The minimum Gasteiger partial charge on any atom is -0.382 e. The molecule has 0 atom stereocenters. The molecule has 12 aromatic rings. The van der Waals surface area contributed by atoms with Crippen molar-refractivity contribution in [3.63, 3.8) is 0 Å². The number of benzene rings is 6. The van der Waals surface area contributed by atoms with Gasteiger partial charge in [0.1, 0.15) is 17.1 Å². The quantitative estimate of drug-likeness (QED) is 0.0305. The lowest BCUT2D eigenvalue weighted by molar-refractivity contribution is -0.190. The predicted octanol–water partition coefficient (Wildman–Crippen LogP) is 16.1. The second-order valence-corrected chi connectivity index (χ2v) is 40.3. The number of alkyl halides is 6. The summed E-state index contributed by atoms with van der Waals surface area (Å²) in [5.74, 6) is -2.90. The highest BCUT2D eigenvalue weighted by molar-refractivity contribution is 14.1. The van der Waals surface area contributed by atoms with E-state index in [0.29, 0.717) is 133 Å². The van der Waals surface area contributed by atoms with Gasteiger partial charge in [-0.15, -0.1) is 0 Å². The molecular formula is C90H92F6IN15O15S3. The van der Waals surface area contributed by atoms with Crippen molar-refractivity contribution in [2.75, 3.05) is 56.4 Å². The summed E-state index contributed by atoms with van der Waals surface area (Å²) in [5.41, 5.74) is 22.2. The molecule has 3 aliphatic heterocycles. The third-order valence-electron chi connectivity index (χ3n) is 21.8. The number of nitrogens with one attached hydrogen (secondary N) is 2. The minimum absolute atomic E-state index is 0.0938. The number of carbonyl (C=O) groups is 3. The summed E-state index contributed by atoms with van der Waals surface area (Å²) in [4.78, 5) is 65.5. The smallest absolute Gasteiger partial charge is 0.382 e. The first kappa shape index (κ1) is 95.8. The number of sulfone groups is 3. The summed E-state index contributed by atoms with van der Waals surface area (Å²) in [6, 6.07) is 43.2. The Bertz CT molecular complexity index is 6360. The predicted molar refractivity (Wildman–Crippen MR) is 480 cm³/mol. The number of aromatic nitrogens is 9. The van der Waals surface area contributed by atoms with Gasteiger partial charge in [-0.3, -0.25) is 14.4 Å². The maximum atomic E-state index is 13.4. The van der Waals surface area contributed by atoms with Gasteiger partial charge in [0.2, 0.25) is 11.7 Å². The van der Waals surface area contributed by atoms with E-state index in [-0.39, 0.29) is 81.4 Å². The van der Waals surface area contributed by atoms with Crippen LogP contribution in [0.25, 0.3) is 102 Å². The molecule has 0 unspecified atom stereocenters. The molecule has 0 spiro atoms. The molecule has 9 heterocycles. The molecule has 40 heteroatoms. The Balaban J connectivity index is 0.000000167. The topological polar surface area (TPSA) is 419 Å². The van der Waals surface area contributed by atoms with Crippen LogP contribution in [0.5, 0.6) is 0 Å². The van der Waals surface area contributed by atoms with Crippen LogP contribution < -0.4 is 22.1 Å². The molecule has 0 bridgehead atoms. The average Bonchev–Trinajstić information content (AvgIpc) is 1.57. The van der Waals surface area contributed by atoms with Crippen LogP contribution in [0.3, 0.4) is 0 Å². The monoisotopic (exact) mass is 1960 g/mol. The van der Waals surface area contributed by atoms with Crippen molar-refractivity contribution in [1.29, 1.82) is 0 Å². The first-order valence-corrected chi connectivity index (χ1v) is 47.1. The standard InChI is InChI=1S/C32H32F3N5O6S.C30H29F3IN5O5S.C28H31N5O4S/c1-19(2)47(43,44)25-10-8-23(9-11-25)27-17-36-30(37-20(3)41)29(38-27)28-16-26(39-46-28)22-6-4-21(5-7-22)18-40(31(42)32(33,34)35)24-12-14-45-15-13-24;1-17(2)45(41,42)22-9-7-19(8-10-22)23-15-36-28(35)26(37-23)27-24(34)25(38-44-27)20-5-3-18(4-6-20)16-39(29(40)30(31,32)33)21-11-13-43-14-12-21;1-18(2)38(34,35)23-9-7-21(8-10-23)25-17-31-28(29)27(32-25)26-15-24(33-37-26)20-5-3-19(4-6-20)16-30-22-11-13-36-14-12-22/h4-11,16-17,19,24H,12-15,18H2,1-3H3,(H,36,37,41);3-10,15,17,21H,11-14,16H2,1-2H3,(H2,35,36);3-10,15,17-18,22,30H,11-14,16H2,1-2H3,(H2,29,31). The molecule has 3 saturated heterocycles. The summed E-state index contributed by atoms with van der Waals surface area (Å²) < 4.78 is 189. The van der Waals surface area contributed by atoms with E-state index in [1.165, 1.54) is 49.1 Å². The Morgan fingerprint density at radius 1 is 0.438 bits per heavy atom. The number of halogens is 7. The molecule has 6 N–H and O–H groups in total. The molecular weight excluding hydrogens is 1870 g/mol. The van der Waals surface area contributed by atoms with Crippen molar-refractivity contribution in [2.45, 2.75) is 168 Å². The Morgan fingerprint density at radius 3 is 1.17 bits per heavy atom. The van der Waals surface area contributed by atoms with Gasteiger partial charge in [0.25, 0.3) is 0 Å². The number of ether oxygens (including phenoxy) is 3. The molecule has 3 aliphatic rings. The van der Waals surface area contributed by atoms with Crippen LogP contribution in [0.4, 0.5) is 43.8 Å². The van der Waals surface area contributed by atoms with Gasteiger partial charge in [-0.25, -0.2) is 55.2 Å². The fourth-order valence-corrected chi connectivity index (χ4v) is 18.2. The van der Waals surface area contributed by atoms with Crippen molar-refractivity contribution in [3.8, 4) is 102 Å². The largest absolute Gasteiger partial charge is 0.471 e. The van der Waals surface area contributed by atoms with Crippen LogP contribution >= 0.6 is 22.6 Å². The molecule has 30 nitrogen and oxygen atoms in total. The average molecular weight is 1960 g/mol. The first-order valence-electron chi connectivity index (χ1n) is 41.3. The van der Waals surface area contributed by atoms with Crippen molar-refractivity contribution in [2.24, 2.45) is 0 Å². The van der Waals surface area contributed by atoms with Crippen molar-refractivity contribution in [1.82, 2.24) is 60.5 Å². The zero-order valence-corrected chi connectivity index (χ0v) is 76.0. The van der Waals surface area contributed by atoms with Crippen LogP contribution in [0.15, 0.2) is 205 Å². The van der Waals surface area contributed by atoms with E-state index in [4.69, 9.17) is 39.2 Å². The first-order chi connectivity index (χ1) is 61.8. The second-order valence-electron chi connectivity index (χ2n) is 31.7. The molecule has 0 aliphatic carbocycles. The maximum Gasteiger partial charge on any atom is 0.471 e. The second kappa shape index (κ2) is 41.1. The zero-order chi connectivity index (χ0) is 93.2. The minimum atomic E-state index is -5.00. The Labute approximate surface area is 759 Å². The highest BCUT2D eigenvalue weighted by Gasteiger charge is 2.46. The number of anilines is 3. The summed E-state index contributed by atoms with van der Waals surface area (Å²) in [5, 5.41) is 17.1. The molecule has 0 radical (unpaired) electrons. The fraction of sp³-hybridized carbons (Fsp3) is 0.333. The number of amides is 3. The lowest BCUT2D eigenvalue weighted by Crippen LogP contribution is -2.48. The van der Waals surface area contributed by atoms with Gasteiger partial charge in [0.15, 0.2) is 75.6 Å². The van der Waals surface area contributed by atoms with Gasteiger partial charge in [-0.2, -0.15) is 26.3 Å². The Hall–Kier alpha value is -11.8. The summed E-state index contributed by atoms with van der Waals surface area (Å²) in [7, 11) is -10.3. The van der Waals surface area contributed by atoms with E-state index in [2.05, 4.69) is 68.1 Å². The van der Waals surface area contributed by atoms with Gasteiger partial charge in [-0.05, 0) is 156 Å². The Kier molecular flexibility index (Phi) is 30.3. The number of nitrogen functional groups attached to an aromatic ring is 2. The van der Waals surface area contributed by atoms with Crippen molar-refractivity contribution in [3.05, 3.63) is 197 Å². The lowest BCUT2D eigenvalue weighted by atomic mass is 10.0. The van der Waals surface area contributed by atoms with Crippen LogP contribution in [0, 0.1) is 3.57 Å². The number of hydrogen-bond acceptors (Lipinski definition) is 27. The molecule has 15 rings (SSSR count). The number of nitrogens with two attached hydrogens (primary N) is 2. The van der Waals surface area contributed by atoms with E-state index < -0.39 is 87.4 Å². The van der Waals surface area contributed by atoms with E-state index in [0.717, 1.165) is 48.0 Å².